The number of thioether (sulfide) groups is 1. The second-order valence-corrected chi connectivity index (χ2v) is 11.1. The van der Waals surface area contributed by atoms with Crippen molar-refractivity contribution < 1.29 is 13.2 Å². The van der Waals surface area contributed by atoms with Crippen LogP contribution >= 0.6 is 23.4 Å². The molecule has 32 heavy (non-hydrogen) atoms. The normalized spacial score (nSPS) is 14.6. The molecule has 1 heterocycles. The predicted molar refractivity (Wildman–Crippen MR) is 127 cm³/mol. The number of sulfone groups is 1. The van der Waals surface area contributed by atoms with Crippen molar-refractivity contribution in [2.45, 2.75) is 41.8 Å². The fourth-order valence-electron chi connectivity index (χ4n) is 3.81. The van der Waals surface area contributed by atoms with Crippen molar-refractivity contribution in [3.8, 4) is 11.4 Å². The highest BCUT2D eigenvalue weighted by atomic mass is 35.5. The molecule has 1 aliphatic rings. The Labute approximate surface area is 196 Å². The van der Waals surface area contributed by atoms with Gasteiger partial charge in [-0.15, -0.1) is 10.2 Å². The highest BCUT2D eigenvalue weighted by Gasteiger charge is 2.26. The first-order valence-electron chi connectivity index (χ1n) is 10.3. The van der Waals surface area contributed by atoms with Crippen LogP contribution < -0.4 is 5.32 Å². The maximum atomic E-state index is 12.5. The molecule has 0 atom stereocenters. The van der Waals surface area contributed by atoms with Crippen LogP contribution in [0.2, 0.25) is 5.02 Å². The second kappa shape index (κ2) is 9.64. The van der Waals surface area contributed by atoms with Crippen molar-refractivity contribution >= 4 is 44.8 Å². The van der Waals surface area contributed by atoms with Gasteiger partial charge in [0, 0.05) is 23.5 Å². The topological polar surface area (TPSA) is 93.9 Å². The lowest BCUT2D eigenvalue weighted by molar-refractivity contribution is -0.113. The van der Waals surface area contributed by atoms with Crippen LogP contribution in [0.1, 0.15) is 31.7 Å². The Balaban J connectivity index is 1.49. The highest BCUT2D eigenvalue weighted by Crippen LogP contribution is 2.38. The van der Waals surface area contributed by atoms with Gasteiger partial charge in [0.15, 0.2) is 20.8 Å². The quantitative estimate of drug-likeness (QED) is 0.476. The minimum absolute atomic E-state index is 0.154. The molecule has 2 aromatic carbocycles. The van der Waals surface area contributed by atoms with E-state index < -0.39 is 9.84 Å². The molecule has 0 bridgehead atoms. The van der Waals surface area contributed by atoms with Crippen molar-refractivity contribution in [3.63, 3.8) is 0 Å². The summed E-state index contributed by atoms with van der Waals surface area (Å²) in [6.45, 7) is 0. The number of aromatic nitrogens is 3. The summed E-state index contributed by atoms with van der Waals surface area (Å²) in [5, 5.41) is 12.9. The SMILES string of the molecule is CS(=O)(=O)c1ccc(NC(=O)CSc2nnc(-c3ccccc3Cl)n2C2CCCC2)cc1. The number of nitrogens with one attached hydrogen (secondary N) is 1. The number of benzene rings is 2. The zero-order chi connectivity index (χ0) is 22.7. The number of carbonyl (C=O) groups is 1. The maximum Gasteiger partial charge on any atom is 0.234 e. The summed E-state index contributed by atoms with van der Waals surface area (Å²) in [7, 11) is -3.28. The van der Waals surface area contributed by atoms with E-state index >= 15 is 0 Å². The summed E-state index contributed by atoms with van der Waals surface area (Å²) in [6.07, 6.45) is 5.54. The molecule has 0 spiro atoms. The lowest BCUT2D eigenvalue weighted by atomic mass is 10.2. The molecule has 1 aromatic heterocycles. The standard InChI is InChI=1S/C22H23ClN4O3S2/c1-32(29,30)17-12-10-15(11-13-17)24-20(28)14-31-22-26-25-21(18-8-4-5-9-19(18)23)27(22)16-6-2-3-7-16/h4-5,8-13,16H,2-3,6-7,14H2,1H3,(H,24,28). The summed E-state index contributed by atoms with van der Waals surface area (Å²) in [4.78, 5) is 12.7. The van der Waals surface area contributed by atoms with E-state index in [-0.39, 0.29) is 22.6 Å². The van der Waals surface area contributed by atoms with Gasteiger partial charge in [0.25, 0.3) is 0 Å². The lowest BCUT2D eigenvalue weighted by Crippen LogP contribution is -2.15. The molecular formula is C22H23ClN4O3S2. The molecule has 1 aliphatic carbocycles. The number of amides is 1. The van der Waals surface area contributed by atoms with Gasteiger partial charge >= 0.3 is 0 Å². The Hall–Kier alpha value is -2.36. The van der Waals surface area contributed by atoms with Gasteiger partial charge in [0.2, 0.25) is 5.91 Å². The van der Waals surface area contributed by atoms with Gasteiger partial charge in [0.1, 0.15) is 0 Å². The van der Waals surface area contributed by atoms with Gasteiger partial charge in [-0.3, -0.25) is 9.36 Å². The average Bonchev–Trinajstić information content (AvgIpc) is 3.42. The van der Waals surface area contributed by atoms with Crippen molar-refractivity contribution in [3.05, 3.63) is 53.6 Å². The van der Waals surface area contributed by atoms with Crippen LogP contribution in [-0.4, -0.2) is 41.1 Å². The summed E-state index contributed by atoms with van der Waals surface area (Å²) in [6, 6.07) is 14.0. The number of halogens is 1. The monoisotopic (exact) mass is 490 g/mol. The van der Waals surface area contributed by atoms with Crippen LogP contribution in [-0.2, 0) is 14.6 Å². The fourth-order valence-corrected chi connectivity index (χ4v) is 5.46. The molecule has 0 radical (unpaired) electrons. The first kappa shape index (κ1) is 22.8. The smallest absolute Gasteiger partial charge is 0.234 e. The molecule has 1 saturated carbocycles. The third kappa shape index (κ3) is 5.16. The third-order valence-electron chi connectivity index (χ3n) is 5.37. The zero-order valence-electron chi connectivity index (χ0n) is 17.5. The van der Waals surface area contributed by atoms with E-state index in [1.807, 2.05) is 24.3 Å². The zero-order valence-corrected chi connectivity index (χ0v) is 19.9. The number of carbonyl (C=O) groups excluding carboxylic acids is 1. The van der Waals surface area contributed by atoms with Crippen LogP contribution in [0, 0.1) is 0 Å². The van der Waals surface area contributed by atoms with E-state index in [0.717, 1.165) is 43.3 Å². The number of anilines is 1. The van der Waals surface area contributed by atoms with Gasteiger partial charge in [-0.05, 0) is 49.2 Å². The van der Waals surface area contributed by atoms with E-state index in [1.165, 1.54) is 23.9 Å². The van der Waals surface area contributed by atoms with E-state index in [1.54, 1.807) is 12.1 Å². The molecule has 1 amide bonds. The van der Waals surface area contributed by atoms with E-state index in [0.29, 0.717) is 15.9 Å². The van der Waals surface area contributed by atoms with Crippen molar-refractivity contribution in [1.29, 1.82) is 0 Å². The third-order valence-corrected chi connectivity index (χ3v) is 7.77. The van der Waals surface area contributed by atoms with Crippen molar-refractivity contribution in [1.82, 2.24) is 14.8 Å². The summed E-state index contributed by atoms with van der Waals surface area (Å²) < 4.78 is 25.3. The lowest BCUT2D eigenvalue weighted by Gasteiger charge is -2.17. The summed E-state index contributed by atoms with van der Waals surface area (Å²) in [5.41, 5.74) is 1.37. The highest BCUT2D eigenvalue weighted by molar-refractivity contribution is 7.99. The van der Waals surface area contributed by atoms with Crippen LogP contribution in [0.15, 0.2) is 58.6 Å². The Kier molecular flexibility index (Phi) is 6.88. The minimum Gasteiger partial charge on any atom is -0.325 e. The Morgan fingerprint density at radius 3 is 2.47 bits per heavy atom. The molecule has 0 unspecified atom stereocenters. The Morgan fingerprint density at radius 2 is 1.81 bits per heavy atom. The molecule has 7 nitrogen and oxygen atoms in total. The Morgan fingerprint density at radius 1 is 1.12 bits per heavy atom. The Bertz CT molecular complexity index is 1220. The van der Waals surface area contributed by atoms with Crippen LogP contribution in [0.5, 0.6) is 0 Å². The average molecular weight is 491 g/mol. The molecule has 0 saturated heterocycles. The molecule has 1 N–H and O–H groups in total. The van der Waals surface area contributed by atoms with Crippen molar-refractivity contribution in [2.75, 3.05) is 17.3 Å². The van der Waals surface area contributed by atoms with Gasteiger partial charge in [-0.1, -0.05) is 48.3 Å². The van der Waals surface area contributed by atoms with Crippen molar-refractivity contribution in [2.24, 2.45) is 0 Å². The largest absolute Gasteiger partial charge is 0.325 e. The molecule has 4 rings (SSSR count). The van der Waals surface area contributed by atoms with Crippen LogP contribution in [0.4, 0.5) is 5.69 Å². The fraction of sp³-hybridized carbons (Fsp3) is 0.318. The molecule has 10 heteroatoms. The minimum atomic E-state index is -3.28. The van der Waals surface area contributed by atoms with Crippen LogP contribution in [0.25, 0.3) is 11.4 Å². The van der Waals surface area contributed by atoms with Crippen LogP contribution in [0.3, 0.4) is 0 Å². The number of nitrogens with zero attached hydrogens (tertiary/aromatic N) is 3. The summed E-state index contributed by atoms with van der Waals surface area (Å²) in [5.74, 6) is 0.672. The number of rotatable bonds is 7. The molecular weight excluding hydrogens is 468 g/mol. The van der Waals surface area contributed by atoms with Gasteiger partial charge in [-0.25, -0.2) is 8.42 Å². The second-order valence-electron chi connectivity index (χ2n) is 7.73. The van der Waals surface area contributed by atoms with Gasteiger partial charge in [0.05, 0.1) is 15.7 Å². The first-order chi connectivity index (χ1) is 15.3. The van der Waals surface area contributed by atoms with E-state index in [2.05, 4.69) is 20.1 Å². The first-order valence-corrected chi connectivity index (χ1v) is 13.5. The molecule has 0 aliphatic heterocycles. The maximum absolute atomic E-state index is 12.5. The number of hydrogen-bond donors (Lipinski definition) is 1. The van der Waals surface area contributed by atoms with E-state index in [4.69, 9.17) is 11.6 Å². The van der Waals surface area contributed by atoms with E-state index in [9.17, 15) is 13.2 Å². The summed E-state index contributed by atoms with van der Waals surface area (Å²) >= 11 is 7.74. The molecule has 3 aromatic rings. The van der Waals surface area contributed by atoms with Gasteiger partial charge < -0.3 is 5.32 Å². The molecule has 1 fully saturated rings. The number of hydrogen-bond acceptors (Lipinski definition) is 6. The van der Waals surface area contributed by atoms with Gasteiger partial charge in [-0.2, -0.15) is 0 Å². The predicted octanol–water partition coefficient (Wildman–Crippen LogP) is 4.85. The molecule has 168 valence electrons.